The number of allylic oxidation sites excluding steroid dienone is 10. The molecule has 0 aromatic rings. The van der Waals surface area contributed by atoms with E-state index in [-0.39, 0.29) is 31.1 Å². The quantitative estimate of drug-likeness (QED) is 0.0261. The fourth-order valence-corrected chi connectivity index (χ4v) is 9.83. The number of ether oxygens (including phenoxy) is 3. The van der Waals surface area contributed by atoms with Gasteiger partial charge in [0.1, 0.15) is 13.2 Å². The minimum absolute atomic E-state index is 0.0661. The Hall–Kier alpha value is -2.89. The van der Waals surface area contributed by atoms with Crippen LogP contribution in [-0.2, 0) is 28.6 Å². The van der Waals surface area contributed by atoms with E-state index >= 15 is 0 Å². The molecule has 0 fully saturated rings. The van der Waals surface area contributed by atoms with E-state index in [9.17, 15) is 14.4 Å². The molecule has 0 amide bonds. The van der Waals surface area contributed by atoms with E-state index in [1.54, 1.807) is 0 Å². The molecule has 0 radical (unpaired) electrons. The molecule has 0 rings (SSSR count). The molecule has 6 nitrogen and oxygen atoms in total. The first-order valence-corrected chi connectivity index (χ1v) is 33.3. The van der Waals surface area contributed by atoms with Crippen LogP contribution in [0.3, 0.4) is 0 Å². The summed E-state index contributed by atoms with van der Waals surface area (Å²) in [5, 5.41) is 0. The Bertz CT molecular complexity index is 1360. The number of hydrogen-bond acceptors (Lipinski definition) is 6. The SMILES string of the molecule is CC/C=C\C/C=C\C/C=C\C/C=C\C/C=C\CCCCCCCCCCCCCCCCCCCCCC(=O)OCC(COC(=O)CCCCCCCCCCCCC)OC(=O)CCCCCCCCCCCCCC. The van der Waals surface area contributed by atoms with Gasteiger partial charge in [-0.15, -0.1) is 0 Å². The maximum atomic E-state index is 12.8. The highest BCUT2D eigenvalue weighted by molar-refractivity contribution is 5.71. The van der Waals surface area contributed by atoms with Gasteiger partial charge in [-0.25, -0.2) is 0 Å². The first-order valence-electron chi connectivity index (χ1n) is 33.3. The van der Waals surface area contributed by atoms with Crippen molar-refractivity contribution in [2.24, 2.45) is 0 Å². The van der Waals surface area contributed by atoms with Crippen molar-refractivity contribution >= 4 is 17.9 Å². The van der Waals surface area contributed by atoms with Crippen molar-refractivity contribution in [1.82, 2.24) is 0 Å². The standard InChI is InChI=1S/C70H126O6/c1-4-7-10-13-16-19-22-24-25-26-27-28-29-30-31-32-33-34-35-36-37-38-39-40-41-42-43-44-45-46-49-51-54-57-60-63-69(72)75-66-67(65-74-68(71)62-59-56-53-50-47-21-18-15-12-9-6-3)76-70(73)64-61-58-55-52-48-23-20-17-14-11-8-5-2/h7,10,16,19,24-25,27-28,30-31,67H,4-6,8-9,11-15,17-18,20-23,26,29,32-66H2,1-3H3/b10-7-,19-16-,25-24-,28-27-,31-30-. The molecule has 0 bridgehead atoms. The maximum absolute atomic E-state index is 12.8. The molecule has 0 aromatic carbocycles. The average molecular weight is 1060 g/mol. The van der Waals surface area contributed by atoms with Crippen molar-refractivity contribution in [1.29, 1.82) is 0 Å². The van der Waals surface area contributed by atoms with Gasteiger partial charge in [-0.1, -0.05) is 326 Å². The summed E-state index contributed by atoms with van der Waals surface area (Å²) in [6, 6.07) is 0. The van der Waals surface area contributed by atoms with E-state index in [1.807, 2.05) is 0 Å². The Kier molecular flexibility index (Phi) is 62.2. The lowest BCUT2D eigenvalue weighted by atomic mass is 10.0. The van der Waals surface area contributed by atoms with E-state index in [0.717, 1.165) is 89.9 Å². The van der Waals surface area contributed by atoms with Crippen molar-refractivity contribution in [3.8, 4) is 0 Å². The van der Waals surface area contributed by atoms with Crippen LogP contribution in [0.4, 0.5) is 0 Å². The van der Waals surface area contributed by atoms with Gasteiger partial charge in [0.15, 0.2) is 6.10 Å². The fourth-order valence-electron chi connectivity index (χ4n) is 9.83. The Morgan fingerprint density at radius 3 is 0.803 bits per heavy atom. The number of unbranched alkanes of at least 4 members (excludes halogenated alkanes) is 40. The van der Waals surface area contributed by atoms with Crippen molar-refractivity contribution in [3.05, 3.63) is 60.8 Å². The molecule has 76 heavy (non-hydrogen) atoms. The van der Waals surface area contributed by atoms with Crippen LogP contribution in [-0.4, -0.2) is 37.2 Å². The number of esters is 3. The highest BCUT2D eigenvalue weighted by Gasteiger charge is 2.19. The van der Waals surface area contributed by atoms with Gasteiger partial charge in [0.25, 0.3) is 0 Å². The molecular weight excluding hydrogens is 937 g/mol. The zero-order chi connectivity index (χ0) is 55.0. The molecule has 0 saturated heterocycles. The minimum atomic E-state index is -0.766. The molecule has 1 unspecified atom stereocenters. The van der Waals surface area contributed by atoms with Crippen LogP contribution >= 0.6 is 0 Å². The van der Waals surface area contributed by atoms with E-state index in [0.29, 0.717) is 19.3 Å². The van der Waals surface area contributed by atoms with Crippen LogP contribution in [0.25, 0.3) is 0 Å². The maximum Gasteiger partial charge on any atom is 0.306 e. The number of rotatable bonds is 61. The first kappa shape index (κ1) is 73.1. The predicted molar refractivity (Wildman–Crippen MR) is 330 cm³/mol. The molecule has 0 saturated carbocycles. The molecule has 0 aliphatic rings. The Morgan fingerprint density at radius 2 is 0.513 bits per heavy atom. The molecule has 1 atom stereocenters. The summed E-state index contributed by atoms with van der Waals surface area (Å²) in [4.78, 5) is 38.1. The van der Waals surface area contributed by atoms with Crippen molar-refractivity contribution in [3.63, 3.8) is 0 Å². The first-order chi connectivity index (χ1) is 37.5. The summed E-state index contributed by atoms with van der Waals surface area (Å²) in [5.41, 5.74) is 0. The van der Waals surface area contributed by atoms with Crippen LogP contribution in [0.5, 0.6) is 0 Å². The molecule has 0 N–H and O–H groups in total. The van der Waals surface area contributed by atoms with Gasteiger partial charge < -0.3 is 14.2 Å². The second-order valence-electron chi connectivity index (χ2n) is 22.4. The van der Waals surface area contributed by atoms with E-state index in [4.69, 9.17) is 14.2 Å². The van der Waals surface area contributed by atoms with Crippen molar-refractivity contribution in [2.75, 3.05) is 13.2 Å². The van der Waals surface area contributed by atoms with Crippen LogP contribution in [0.15, 0.2) is 60.8 Å². The van der Waals surface area contributed by atoms with Crippen LogP contribution in [0, 0.1) is 0 Å². The normalized spacial score (nSPS) is 12.4. The molecule has 0 spiro atoms. The van der Waals surface area contributed by atoms with Crippen molar-refractivity contribution in [2.45, 2.75) is 354 Å². The summed E-state index contributed by atoms with van der Waals surface area (Å²) in [6.07, 6.45) is 82.6. The van der Waals surface area contributed by atoms with E-state index < -0.39 is 6.10 Å². The molecular formula is C70H126O6. The lowest BCUT2D eigenvalue weighted by Crippen LogP contribution is -2.30. The number of carbonyl (C=O) groups is 3. The van der Waals surface area contributed by atoms with Crippen LogP contribution in [0.1, 0.15) is 348 Å². The largest absolute Gasteiger partial charge is 0.462 e. The average Bonchev–Trinajstić information content (AvgIpc) is 3.42. The van der Waals surface area contributed by atoms with E-state index in [2.05, 4.69) is 81.5 Å². The second-order valence-corrected chi connectivity index (χ2v) is 22.4. The zero-order valence-corrected chi connectivity index (χ0v) is 50.8. The Morgan fingerprint density at radius 1 is 0.276 bits per heavy atom. The minimum Gasteiger partial charge on any atom is -0.462 e. The van der Waals surface area contributed by atoms with Crippen LogP contribution in [0.2, 0.25) is 0 Å². The lowest BCUT2D eigenvalue weighted by molar-refractivity contribution is -0.167. The fraction of sp³-hybridized carbons (Fsp3) is 0.814. The third-order valence-corrected chi connectivity index (χ3v) is 14.8. The van der Waals surface area contributed by atoms with Gasteiger partial charge in [0, 0.05) is 19.3 Å². The zero-order valence-electron chi connectivity index (χ0n) is 50.8. The third-order valence-electron chi connectivity index (χ3n) is 14.8. The highest BCUT2D eigenvalue weighted by Crippen LogP contribution is 2.18. The summed E-state index contributed by atoms with van der Waals surface area (Å²) >= 11 is 0. The monoisotopic (exact) mass is 1060 g/mol. The molecule has 6 heteroatoms. The van der Waals surface area contributed by atoms with Crippen LogP contribution < -0.4 is 0 Å². The molecule has 442 valence electrons. The topological polar surface area (TPSA) is 78.9 Å². The van der Waals surface area contributed by atoms with Gasteiger partial charge in [-0.05, 0) is 64.2 Å². The molecule has 0 heterocycles. The Labute approximate surface area is 472 Å². The number of hydrogen-bond donors (Lipinski definition) is 0. The van der Waals surface area contributed by atoms with E-state index in [1.165, 1.54) is 218 Å². The van der Waals surface area contributed by atoms with Gasteiger partial charge in [-0.2, -0.15) is 0 Å². The van der Waals surface area contributed by atoms with Gasteiger partial charge in [0.2, 0.25) is 0 Å². The number of carbonyl (C=O) groups excluding carboxylic acids is 3. The summed E-state index contributed by atoms with van der Waals surface area (Å²) in [6.45, 7) is 6.56. The molecule has 0 aromatic heterocycles. The smallest absolute Gasteiger partial charge is 0.306 e. The van der Waals surface area contributed by atoms with Gasteiger partial charge in [0.05, 0.1) is 0 Å². The predicted octanol–water partition coefficient (Wildman–Crippen LogP) is 22.7. The third kappa shape index (κ3) is 62.0. The highest BCUT2D eigenvalue weighted by atomic mass is 16.6. The second kappa shape index (κ2) is 64.6. The van der Waals surface area contributed by atoms with Gasteiger partial charge >= 0.3 is 17.9 Å². The Balaban J connectivity index is 4.00. The summed E-state index contributed by atoms with van der Waals surface area (Å²) in [5.74, 6) is -0.846. The molecule has 0 aliphatic carbocycles. The molecule has 0 aliphatic heterocycles. The summed E-state index contributed by atoms with van der Waals surface area (Å²) in [7, 11) is 0. The summed E-state index contributed by atoms with van der Waals surface area (Å²) < 4.78 is 16.9. The van der Waals surface area contributed by atoms with Crippen molar-refractivity contribution < 1.29 is 28.6 Å². The lowest BCUT2D eigenvalue weighted by Gasteiger charge is -2.18. The van der Waals surface area contributed by atoms with Gasteiger partial charge in [-0.3, -0.25) is 14.4 Å².